The van der Waals surface area contributed by atoms with E-state index in [-0.39, 0.29) is 11.8 Å². The van der Waals surface area contributed by atoms with Gasteiger partial charge in [-0.25, -0.2) is 0 Å². The lowest BCUT2D eigenvalue weighted by Gasteiger charge is -2.45. The second-order valence-electron chi connectivity index (χ2n) is 4.96. The summed E-state index contributed by atoms with van der Waals surface area (Å²) in [5, 5.41) is 9.36. The summed E-state index contributed by atoms with van der Waals surface area (Å²) in [7, 11) is 3.53. The van der Waals surface area contributed by atoms with Crippen LogP contribution >= 0.6 is 0 Å². The number of likely N-dealkylation sites (N-methyl/N-ethyl adjacent to an activating group) is 1. The molecule has 1 N–H and O–H groups in total. The molecular formula is C13H19NO3. The van der Waals surface area contributed by atoms with Gasteiger partial charge < -0.3 is 9.84 Å². The monoisotopic (exact) mass is 237 g/mol. The van der Waals surface area contributed by atoms with E-state index in [1.165, 1.54) is 0 Å². The fourth-order valence-corrected chi connectivity index (χ4v) is 3.19. The topological polar surface area (TPSA) is 49.8 Å². The molecule has 4 unspecified atom stereocenters. The molecular weight excluding hydrogens is 218 g/mol. The molecule has 0 aromatic heterocycles. The van der Waals surface area contributed by atoms with Gasteiger partial charge in [-0.15, -0.1) is 0 Å². The Hall–Kier alpha value is -1.29. The predicted octanol–water partition coefficient (Wildman–Crippen LogP) is 1.35. The molecule has 0 spiro atoms. The lowest BCUT2D eigenvalue weighted by Crippen LogP contribution is -2.55. The highest BCUT2D eigenvalue weighted by molar-refractivity contribution is 5.74. The van der Waals surface area contributed by atoms with Gasteiger partial charge in [-0.3, -0.25) is 9.69 Å². The molecule has 1 saturated heterocycles. The predicted molar refractivity (Wildman–Crippen MR) is 64.4 cm³/mol. The van der Waals surface area contributed by atoms with Crippen molar-refractivity contribution in [1.82, 2.24) is 4.90 Å². The van der Waals surface area contributed by atoms with Crippen LogP contribution in [0.5, 0.6) is 0 Å². The zero-order valence-electron chi connectivity index (χ0n) is 10.5. The Balaban J connectivity index is 2.34. The van der Waals surface area contributed by atoms with Gasteiger partial charge in [0.1, 0.15) is 6.04 Å². The highest BCUT2D eigenvalue weighted by Gasteiger charge is 2.45. The molecule has 2 aliphatic rings. The van der Waals surface area contributed by atoms with Crippen molar-refractivity contribution in [1.29, 1.82) is 0 Å². The zero-order valence-corrected chi connectivity index (χ0v) is 10.5. The number of piperidine rings is 1. The second-order valence-corrected chi connectivity index (χ2v) is 4.96. The Bertz CT molecular complexity index is 375. The number of rotatable bonds is 2. The van der Waals surface area contributed by atoms with E-state index >= 15 is 0 Å². The normalized spacial score (nSPS) is 37.2. The number of methoxy groups -OCH3 is 1. The smallest absolute Gasteiger partial charge is 0.321 e. The molecule has 0 aromatic rings. The summed E-state index contributed by atoms with van der Waals surface area (Å²) in [6.45, 7) is 2.94. The molecule has 0 bridgehead atoms. The summed E-state index contributed by atoms with van der Waals surface area (Å²) in [4.78, 5) is 13.3. The molecule has 2 rings (SSSR count). The van der Waals surface area contributed by atoms with Gasteiger partial charge in [0.05, 0.1) is 12.9 Å². The van der Waals surface area contributed by atoms with E-state index in [2.05, 4.69) is 6.92 Å². The summed E-state index contributed by atoms with van der Waals surface area (Å²) in [6.07, 6.45) is 5.85. The standard InChI is InChI=1S/C13H19NO3/c1-8-7-14(2)12(13(15)16)9-5-4-6-10(17-3)11(8)9/h4-6,8-9,11-12H,7H2,1-3H3,(H,15,16). The Morgan fingerprint density at radius 3 is 2.88 bits per heavy atom. The lowest BCUT2D eigenvalue weighted by atomic mass is 9.71. The molecule has 0 radical (unpaired) electrons. The summed E-state index contributed by atoms with van der Waals surface area (Å²) in [5.74, 6) is 0.737. The number of hydrogen-bond donors (Lipinski definition) is 1. The third-order valence-electron chi connectivity index (χ3n) is 3.85. The molecule has 0 amide bonds. The first-order valence-electron chi connectivity index (χ1n) is 5.91. The molecule has 1 aliphatic carbocycles. The van der Waals surface area contributed by atoms with Gasteiger partial charge in [-0.2, -0.15) is 0 Å². The minimum Gasteiger partial charge on any atom is -0.501 e. The first-order valence-corrected chi connectivity index (χ1v) is 5.91. The van der Waals surface area contributed by atoms with Crippen LogP contribution in [0.1, 0.15) is 6.92 Å². The van der Waals surface area contributed by atoms with E-state index in [0.717, 1.165) is 12.3 Å². The summed E-state index contributed by atoms with van der Waals surface area (Å²) < 4.78 is 5.39. The van der Waals surface area contributed by atoms with E-state index in [1.807, 2.05) is 30.2 Å². The number of carboxylic acid groups (broad SMARTS) is 1. The SMILES string of the molecule is COC1=CC=CC2C1C(C)CN(C)C2C(=O)O. The van der Waals surface area contributed by atoms with Crippen LogP contribution < -0.4 is 0 Å². The molecule has 4 atom stereocenters. The molecule has 94 valence electrons. The van der Waals surface area contributed by atoms with Crippen LogP contribution in [0.4, 0.5) is 0 Å². The first-order chi connectivity index (χ1) is 8.06. The van der Waals surface area contributed by atoms with Crippen molar-refractivity contribution in [2.45, 2.75) is 13.0 Å². The van der Waals surface area contributed by atoms with Crippen LogP contribution in [0.25, 0.3) is 0 Å². The molecule has 1 fully saturated rings. The number of likely N-dealkylation sites (tertiary alicyclic amines) is 1. The number of carbonyl (C=O) groups is 1. The van der Waals surface area contributed by atoms with Gasteiger partial charge in [-0.1, -0.05) is 19.1 Å². The van der Waals surface area contributed by atoms with Gasteiger partial charge in [0.15, 0.2) is 0 Å². The molecule has 1 heterocycles. The maximum Gasteiger partial charge on any atom is 0.321 e. The third-order valence-corrected chi connectivity index (χ3v) is 3.85. The number of hydrogen-bond acceptors (Lipinski definition) is 3. The molecule has 4 heteroatoms. The Labute approximate surface area is 102 Å². The van der Waals surface area contributed by atoms with Gasteiger partial charge in [0.25, 0.3) is 0 Å². The molecule has 17 heavy (non-hydrogen) atoms. The largest absolute Gasteiger partial charge is 0.501 e. The average molecular weight is 237 g/mol. The fraction of sp³-hybridized carbons (Fsp3) is 0.615. The van der Waals surface area contributed by atoms with Gasteiger partial charge >= 0.3 is 5.97 Å². The van der Waals surface area contributed by atoms with E-state index in [0.29, 0.717) is 5.92 Å². The molecule has 0 aromatic carbocycles. The quantitative estimate of drug-likeness (QED) is 0.787. The Kier molecular flexibility index (Phi) is 3.24. The van der Waals surface area contributed by atoms with Crippen LogP contribution in [0.3, 0.4) is 0 Å². The van der Waals surface area contributed by atoms with Crippen molar-refractivity contribution >= 4 is 5.97 Å². The highest BCUT2D eigenvalue weighted by atomic mass is 16.5. The molecule has 4 nitrogen and oxygen atoms in total. The minimum atomic E-state index is -0.753. The maximum atomic E-state index is 11.4. The number of allylic oxidation sites excluding steroid dienone is 3. The zero-order chi connectivity index (χ0) is 12.6. The highest BCUT2D eigenvalue weighted by Crippen LogP contribution is 2.40. The van der Waals surface area contributed by atoms with Crippen LogP contribution in [0.15, 0.2) is 24.0 Å². The van der Waals surface area contributed by atoms with Gasteiger partial charge in [0.2, 0.25) is 0 Å². The van der Waals surface area contributed by atoms with Crippen molar-refractivity contribution in [2.75, 3.05) is 20.7 Å². The van der Waals surface area contributed by atoms with Crippen LogP contribution in [0, 0.1) is 17.8 Å². The van der Waals surface area contributed by atoms with Gasteiger partial charge in [0, 0.05) is 18.4 Å². The number of ether oxygens (including phenoxy) is 1. The van der Waals surface area contributed by atoms with E-state index < -0.39 is 12.0 Å². The van der Waals surface area contributed by atoms with Crippen molar-refractivity contribution in [3.63, 3.8) is 0 Å². The average Bonchev–Trinajstić information content (AvgIpc) is 2.27. The third kappa shape index (κ3) is 1.97. The van der Waals surface area contributed by atoms with Gasteiger partial charge in [-0.05, 0) is 19.0 Å². The summed E-state index contributed by atoms with van der Waals surface area (Å²) in [5.41, 5.74) is 0. The first kappa shape index (κ1) is 12.2. The number of carboxylic acids is 1. The Morgan fingerprint density at radius 2 is 2.29 bits per heavy atom. The van der Waals surface area contributed by atoms with Crippen LogP contribution in [-0.2, 0) is 9.53 Å². The number of nitrogens with zero attached hydrogens (tertiary/aromatic N) is 1. The van der Waals surface area contributed by atoms with E-state index in [4.69, 9.17) is 4.74 Å². The van der Waals surface area contributed by atoms with Crippen molar-refractivity contribution in [2.24, 2.45) is 17.8 Å². The number of fused-ring (bicyclic) bond motifs is 1. The minimum absolute atomic E-state index is 0.00111. The van der Waals surface area contributed by atoms with Crippen LogP contribution in [0.2, 0.25) is 0 Å². The maximum absolute atomic E-state index is 11.4. The summed E-state index contributed by atoms with van der Waals surface area (Å²) >= 11 is 0. The lowest BCUT2D eigenvalue weighted by molar-refractivity contribution is -0.147. The van der Waals surface area contributed by atoms with Crippen molar-refractivity contribution < 1.29 is 14.6 Å². The molecule has 0 saturated carbocycles. The fourth-order valence-electron chi connectivity index (χ4n) is 3.19. The molecule has 1 aliphatic heterocycles. The van der Waals surface area contributed by atoms with Crippen molar-refractivity contribution in [3.8, 4) is 0 Å². The summed E-state index contributed by atoms with van der Waals surface area (Å²) in [6, 6.07) is -0.453. The Morgan fingerprint density at radius 1 is 1.59 bits per heavy atom. The van der Waals surface area contributed by atoms with Crippen molar-refractivity contribution in [3.05, 3.63) is 24.0 Å². The number of aliphatic carboxylic acids is 1. The van der Waals surface area contributed by atoms with E-state index in [9.17, 15) is 9.90 Å². The second kappa shape index (κ2) is 4.53. The van der Waals surface area contributed by atoms with E-state index in [1.54, 1.807) is 7.11 Å². The van der Waals surface area contributed by atoms with Crippen LogP contribution in [-0.4, -0.2) is 42.7 Å².